The van der Waals surface area contributed by atoms with E-state index in [0.29, 0.717) is 6.54 Å². The monoisotopic (exact) mass is 319 g/mol. The Kier molecular flexibility index (Phi) is 4.53. The van der Waals surface area contributed by atoms with Gasteiger partial charge in [-0.1, -0.05) is 0 Å². The number of carbonyl (C=O) groups excluding carboxylic acids is 1. The molecule has 2 rings (SSSR count). The molecule has 1 N–H and O–H groups in total. The predicted octanol–water partition coefficient (Wildman–Crippen LogP) is 1.15. The van der Waals surface area contributed by atoms with E-state index >= 15 is 0 Å². The van der Waals surface area contributed by atoms with E-state index in [1.54, 1.807) is 16.6 Å². The first kappa shape index (κ1) is 16.7. The molecule has 0 aromatic carbocycles. The van der Waals surface area contributed by atoms with Crippen LogP contribution in [0.15, 0.2) is 12.3 Å². The Morgan fingerprint density at radius 3 is 2.52 bits per heavy atom. The van der Waals surface area contributed by atoms with Gasteiger partial charge in [-0.15, -0.1) is 0 Å². The van der Waals surface area contributed by atoms with Crippen LogP contribution in [0.1, 0.15) is 40.4 Å². The van der Waals surface area contributed by atoms with Gasteiger partial charge in [-0.05, 0) is 26.8 Å². The number of rotatable bonds is 5. The third-order valence-corrected chi connectivity index (χ3v) is 3.98. The summed E-state index contributed by atoms with van der Waals surface area (Å²) < 4.78 is 3.05. The van der Waals surface area contributed by atoms with Crippen LogP contribution in [0, 0.1) is 13.8 Å². The van der Waals surface area contributed by atoms with Crippen LogP contribution in [0.2, 0.25) is 0 Å². The Bertz CT molecular complexity index is 746. The Morgan fingerprint density at radius 1 is 1.35 bits per heavy atom. The highest BCUT2D eigenvalue weighted by Gasteiger charge is 2.21. The number of carboxylic acid groups (broad SMARTS) is 1. The normalized spacial score (nSPS) is 12.2. The lowest BCUT2D eigenvalue weighted by atomic mass is 10.2. The molecule has 0 aliphatic heterocycles. The average Bonchev–Trinajstić information content (AvgIpc) is 3.06. The maximum Gasteiger partial charge on any atom is 0.328 e. The standard InChI is InChI=1S/C15H21N5O3/c1-9-12(10(2)19(5)16-9)8-18(4)14(21)13-6-7-20(17-13)11(3)15(22)23/h6-7,11H,8H2,1-5H3,(H,22,23). The van der Waals surface area contributed by atoms with Gasteiger partial charge in [-0.3, -0.25) is 14.2 Å². The zero-order valence-electron chi connectivity index (χ0n) is 13.9. The van der Waals surface area contributed by atoms with Crippen molar-refractivity contribution in [1.29, 1.82) is 0 Å². The molecule has 124 valence electrons. The molecule has 1 amide bonds. The molecule has 8 heteroatoms. The fraction of sp³-hybridized carbons (Fsp3) is 0.467. The summed E-state index contributed by atoms with van der Waals surface area (Å²) in [5, 5.41) is 17.4. The Labute approximate surface area is 134 Å². The highest BCUT2D eigenvalue weighted by atomic mass is 16.4. The lowest BCUT2D eigenvalue weighted by Gasteiger charge is -2.16. The third kappa shape index (κ3) is 3.25. The molecule has 0 aliphatic carbocycles. The number of amides is 1. The summed E-state index contributed by atoms with van der Waals surface area (Å²) >= 11 is 0. The Hall–Kier alpha value is -2.64. The lowest BCUT2D eigenvalue weighted by Crippen LogP contribution is -2.27. The lowest BCUT2D eigenvalue weighted by molar-refractivity contribution is -0.140. The van der Waals surface area contributed by atoms with Gasteiger partial charge in [0.25, 0.3) is 5.91 Å². The van der Waals surface area contributed by atoms with E-state index in [1.165, 1.54) is 23.9 Å². The molecule has 23 heavy (non-hydrogen) atoms. The van der Waals surface area contributed by atoms with Crippen LogP contribution in [-0.2, 0) is 18.4 Å². The minimum Gasteiger partial charge on any atom is -0.480 e. The van der Waals surface area contributed by atoms with Crippen LogP contribution in [-0.4, -0.2) is 48.5 Å². The van der Waals surface area contributed by atoms with Crippen molar-refractivity contribution in [1.82, 2.24) is 24.5 Å². The van der Waals surface area contributed by atoms with Gasteiger partial charge in [0.1, 0.15) is 11.7 Å². The van der Waals surface area contributed by atoms with E-state index in [0.717, 1.165) is 17.0 Å². The largest absolute Gasteiger partial charge is 0.480 e. The fourth-order valence-electron chi connectivity index (χ4n) is 2.33. The van der Waals surface area contributed by atoms with Crippen molar-refractivity contribution in [3.05, 3.63) is 34.9 Å². The molecular weight excluding hydrogens is 298 g/mol. The second-order valence-electron chi connectivity index (χ2n) is 5.63. The molecule has 0 bridgehead atoms. The average molecular weight is 319 g/mol. The first-order valence-electron chi connectivity index (χ1n) is 7.24. The number of aromatic nitrogens is 4. The van der Waals surface area contributed by atoms with Gasteiger partial charge in [0, 0.05) is 38.1 Å². The van der Waals surface area contributed by atoms with Gasteiger partial charge < -0.3 is 10.0 Å². The molecule has 2 aromatic heterocycles. The summed E-state index contributed by atoms with van der Waals surface area (Å²) in [6, 6.07) is 0.714. The summed E-state index contributed by atoms with van der Waals surface area (Å²) in [4.78, 5) is 25.0. The summed E-state index contributed by atoms with van der Waals surface area (Å²) in [6.45, 7) is 5.79. The second kappa shape index (κ2) is 6.23. The molecule has 2 aromatic rings. The van der Waals surface area contributed by atoms with E-state index in [2.05, 4.69) is 10.2 Å². The third-order valence-electron chi connectivity index (χ3n) is 3.98. The topological polar surface area (TPSA) is 93.2 Å². The van der Waals surface area contributed by atoms with Crippen LogP contribution in [0.5, 0.6) is 0 Å². The van der Waals surface area contributed by atoms with Gasteiger partial charge in [-0.25, -0.2) is 4.79 Å². The molecule has 1 atom stereocenters. The number of hydrogen-bond acceptors (Lipinski definition) is 4. The van der Waals surface area contributed by atoms with E-state index in [9.17, 15) is 9.59 Å². The van der Waals surface area contributed by atoms with E-state index in [-0.39, 0.29) is 11.6 Å². The van der Waals surface area contributed by atoms with Crippen LogP contribution in [0.3, 0.4) is 0 Å². The minimum atomic E-state index is -0.998. The summed E-state index contributed by atoms with van der Waals surface area (Å²) in [5.41, 5.74) is 3.11. The molecule has 8 nitrogen and oxygen atoms in total. The summed E-state index contributed by atoms with van der Waals surface area (Å²) in [6.07, 6.45) is 1.50. The van der Waals surface area contributed by atoms with Crippen LogP contribution < -0.4 is 0 Å². The molecule has 2 heterocycles. The first-order chi connectivity index (χ1) is 10.7. The zero-order valence-corrected chi connectivity index (χ0v) is 13.9. The molecule has 0 radical (unpaired) electrons. The van der Waals surface area contributed by atoms with Gasteiger partial charge in [0.2, 0.25) is 0 Å². The smallest absolute Gasteiger partial charge is 0.328 e. The number of carbonyl (C=O) groups is 2. The van der Waals surface area contributed by atoms with E-state index in [4.69, 9.17) is 5.11 Å². The van der Waals surface area contributed by atoms with E-state index < -0.39 is 12.0 Å². The summed E-state index contributed by atoms with van der Waals surface area (Å²) in [7, 11) is 3.55. The van der Waals surface area contributed by atoms with Crippen LogP contribution >= 0.6 is 0 Å². The summed E-state index contributed by atoms with van der Waals surface area (Å²) in [5.74, 6) is -1.26. The predicted molar refractivity (Wildman–Crippen MR) is 83.1 cm³/mol. The van der Waals surface area contributed by atoms with Gasteiger partial charge >= 0.3 is 5.97 Å². The molecule has 0 aliphatic rings. The van der Waals surface area contributed by atoms with Crippen molar-refractivity contribution in [3.8, 4) is 0 Å². The minimum absolute atomic E-state index is 0.222. The maximum absolute atomic E-state index is 12.5. The van der Waals surface area contributed by atoms with Crippen LogP contribution in [0.25, 0.3) is 0 Å². The fourth-order valence-corrected chi connectivity index (χ4v) is 2.33. The van der Waals surface area contributed by atoms with Crippen molar-refractivity contribution in [2.75, 3.05) is 7.05 Å². The first-order valence-corrected chi connectivity index (χ1v) is 7.24. The molecule has 0 spiro atoms. The Balaban J connectivity index is 2.15. The van der Waals surface area contributed by atoms with Crippen molar-refractivity contribution in [2.24, 2.45) is 7.05 Å². The number of carboxylic acids is 1. The highest BCUT2D eigenvalue weighted by Crippen LogP contribution is 2.15. The van der Waals surface area contributed by atoms with Crippen molar-refractivity contribution in [3.63, 3.8) is 0 Å². The number of aliphatic carboxylic acids is 1. The maximum atomic E-state index is 12.5. The molecule has 0 fully saturated rings. The molecular formula is C15H21N5O3. The van der Waals surface area contributed by atoms with Crippen LogP contribution in [0.4, 0.5) is 0 Å². The number of hydrogen-bond donors (Lipinski definition) is 1. The van der Waals surface area contributed by atoms with Gasteiger partial charge in [0.05, 0.1) is 5.69 Å². The highest BCUT2D eigenvalue weighted by molar-refractivity contribution is 5.92. The zero-order chi connectivity index (χ0) is 17.3. The van der Waals surface area contributed by atoms with Crippen molar-refractivity contribution < 1.29 is 14.7 Å². The quantitative estimate of drug-likeness (QED) is 0.892. The van der Waals surface area contributed by atoms with Gasteiger partial charge in [0.15, 0.2) is 0 Å². The van der Waals surface area contributed by atoms with Crippen molar-refractivity contribution in [2.45, 2.75) is 33.4 Å². The van der Waals surface area contributed by atoms with Crippen molar-refractivity contribution >= 4 is 11.9 Å². The molecule has 0 saturated heterocycles. The van der Waals surface area contributed by atoms with Gasteiger partial charge in [-0.2, -0.15) is 10.2 Å². The molecule has 0 saturated carbocycles. The number of aryl methyl sites for hydroxylation is 2. The second-order valence-corrected chi connectivity index (χ2v) is 5.63. The SMILES string of the molecule is Cc1nn(C)c(C)c1CN(C)C(=O)c1ccn(C(C)C(=O)O)n1. The van der Waals surface area contributed by atoms with E-state index in [1.807, 2.05) is 20.9 Å². The molecule has 1 unspecified atom stereocenters. The number of nitrogens with zero attached hydrogens (tertiary/aromatic N) is 5. The Morgan fingerprint density at radius 2 is 2.00 bits per heavy atom.